The molecule has 5 heteroatoms. The number of β-amino-alcohol motifs (C(OH)–C–C–N with tert-alkyl or cyclic N) is 1. The summed E-state index contributed by atoms with van der Waals surface area (Å²) in [5, 5.41) is 9.83. The molecule has 92 valence electrons. The van der Waals surface area contributed by atoms with Gasteiger partial charge in [0.2, 0.25) is 0 Å². The third-order valence-electron chi connectivity index (χ3n) is 3.10. The highest BCUT2D eigenvalue weighted by atomic mass is 79.9. The average molecular weight is 302 g/mol. The molecule has 1 aromatic carbocycles. The van der Waals surface area contributed by atoms with Gasteiger partial charge in [-0.15, -0.1) is 0 Å². The first kappa shape index (κ1) is 12.5. The summed E-state index contributed by atoms with van der Waals surface area (Å²) in [5.74, 6) is -0.711. The third-order valence-corrected chi connectivity index (χ3v) is 3.90. The second-order valence-electron chi connectivity index (χ2n) is 4.34. The summed E-state index contributed by atoms with van der Waals surface area (Å²) in [6.07, 6.45) is 0.612. The number of aliphatic hydroxyl groups is 1. The first-order chi connectivity index (χ1) is 7.97. The van der Waals surface area contributed by atoms with Gasteiger partial charge in [-0.2, -0.15) is 0 Å². The predicted molar refractivity (Wildman–Crippen MR) is 65.2 cm³/mol. The second-order valence-corrected chi connectivity index (χ2v) is 5.13. The van der Waals surface area contributed by atoms with Gasteiger partial charge in [-0.3, -0.25) is 4.79 Å². The number of likely N-dealkylation sites (tertiary alicyclic amines) is 1. The van der Waals surface area contributed by atoms with Crippen molar-refractivity contribution in [1.82, 2.24) is 4.90 Å². The first-order valence-corrected chi connectivity index (χ1v) is 6.22. The van der Waals surface area contributed by atoms with Crippen LogP contribution in [0.2, 0.25) is 0 Å². The number of halogens is 2. The second kappa shape index (κ2) is 4.38. The predicted octanol–water partition coefficient (Wildman–Crippen LogP) is 2.19. The minimum Gasteiger partial charge on any atom is -0.386 e. The normalized spacial score (nSPS) is 17.8. The molecule has 0 unspecified atom stereocenters. The lowest BCUT2D eigenvalue weighted by molar-refractivity contribution is -0.0826. The van der Waals surface area contributed by atoms with Gasteiger partial charge < -0.3 is 10.0 Å². The molecule has 0 aliphatic carbocycles. The van der Waals surface area contributed by atoms with Crippen LogP contribution >= 0.6 is 15.9 Å². The highest BCUT2D eigenvalue weighted by Gasteiger charge is 2.42. The minimum atomic E-state index is -0.768. The summed E-state index contributed by atoms with van der Waals surface area (Å²) in [6, 6.07) is 4.36. The molecule has 17 heavy (non-hydrogen) atoms. The Bertz CT molecular complexity index is 458. The van der Waals surface area contributed by atoms with E-state index in [2.05, 4.69) is 15.9 Å². The van der Waals surface area contributed by atoms with Gasteiger partial charge in [-0.05, 0) is 34.5 Å². The van der Waals surface area contributed by atoms with Crippen molar-refractivity contribution < 1.29 is 14.3 Å². The van der Waals surface area contributed by atoms with E-state index in [9.17, 15) is 14.3 Å². The van der Waals surface area contributed by atoms with E-state index in [1.165, 1.54) is 17.0 Å². The topological polar surface area (TPSA) is 40.5 Å². The van der Waals surface area contributed by atoms with E-state index < -0.39 is 11.4 Å². The van der Waals surface area contributed by atoms with E-state index >= 15 is 0 Å². The van der Waals surface area contributed by atoms with E-state index in [4.69, 9.17) is 0 Å². The monoisotopic (exact) mass is 301 g/mol. The van der Waals surface area contributed by atoms with Crippen LogP contribution in [0.25, 0.3) is 0 Å². The van der Waals surface area contributed by atoms with Crippen LogP contribution in [0.15, 0.2) is 22.7 Å². The number of hydrogen-bond donors (Lipinski definition) is 1. The summed E-state index contributed by atoms with van der Waals surface area (Å²) in [4.78, 5) is 13.5. The smallest absolute Gasteiger partial charge is 0.255 e. The van der Waals surface area contributed by atoms with Crippen molar-refractivity contribution in [2.45, 2.75) is 18.9 Å². The molecular weight excluding hydrogens is 289 g/mol. The van der Waals surface area contributed by atoms with E-state index in [0.29, 0.717) is 25.1 Å². The Labute approximate surface area is 107 Å². The van der Waals surface area contributed by atoms with E-state index in [1.807, 2.05) is 6.92 Å². The lowest BCUT2D eigenvalue weighted by atomic mass is 9.90. The lowest BCUT2D eigenvalue weighted by Crippen LogP contribution is -2.63. The maximum atomic E-state index is 13.3. The molecule has 1 heterocycles. The van der Waals surface area contributed by atoms with E-state index in [0.717, 1.165) is 0 Å². The fourth-order valence-electron chi connectivity index (χ4n) is 1.87. The van der Waals surface area contributed by atoms with Crippen LogP contribution in [0.4, 0.5) is 4.39 Å². The van der Waals surface area contributed by atoms with Crippen LogP contribution in [0.5, 0.6) is 0 Å². The number of hydrogen-bond acceptors (Lipinski definition) is 2. The SMILES string of the molecule is CCC1(O)CN(C(=O)c2cccc(F)c2Br)C1. The molecule has 1 amide bonds. The number of rotatable bonds is 2. The summed E-state index contributed by atoms with van der Waals surface area (Å²) >= 11 is 3.06. The molecule has 3 nitrogen and oxygen atoms in total. The van der Waals surface area contributed by atoms with Crippen LogP contribution in [0.3, 0.4) is 0 Å². The number of amides is 1. The summed E-state index contributed by atoms with van der Waals surface area (Å²) in [5.41, 5.74) is -0.474. The number of carbonyl (C=O) groups excluding carboxylic acids is 1. The molecule has 1 N–H and O–H groups in total. The Morgan fingerprint density at radius 3 is 2.82 bits per heavy atom. The van der Waals surface area contributed by atoms with Gasteiger partial charge in [0.25, 0.3) is 5.91 Å². The Morgan fingerprint density at radius 1 is 1.59 bits per heavy atom. The fourth-order valence-corrected chi connectivity index (χ4v) is 2.30. The van der Waals surface area contributed by atoms with Crippen molar-refractivity contribution in [3.8, 4) is 0 Å². The van der Waals surface area contributed by atoms with Crippen molar-refractivity contribution >= 4 is 21.8 Å². The van der Waals surface area contributed by atoms with Crippen LogP contribution < -0.4 is 0 Å². The van der Waals surface area contributed by atoms with Crippen molar-refractivity contribution in [3.63, 3.8) is 0 Å². The third kappa shape index (κ3) is 2.21. The van der Waals surface area contributed by atoms with Gasteiger partial charge in [0.15, 0.2) is 0 Å². The molecular formula is C12H13BrFNO2. The van der Waals surface area contributed by atoms with Gasteiger partial charge in [0.1, 0.15) is 5.82 Å². The summed E-state index contributed by atoms with van der Waals surface area (Å²) in [6.45, 7) is 2.50. The molecule has 0 bridgehead atoms. The van der Waals surface area contributed by atoms with Gasteiger partial charge >= 0.3 is 0 Å². The van der Waals surface area contributed by atoms with Crippen molar-refractivity contribution in [2.24, 2.45) is 0 Å². The van der Waals surface area contributed by atoms with Gasteiger partial charge in [0, 0.05) is 0 Å². The highest BCUT2D eigenvalue weighted by molar-refractivity contribution is 9.10. The van der Waals surface area contributed by atoms with Crippen LogP contribution in [-0.2, 0) is 0 Å². The Hall–Kier alpha value is -0.940. The number of carbonyl (C=O) groups is 1. The minimum absolute atomic E-state index is 0.178. The quantitative estimate of drug-likeness (QED) is 0.910. The number of nitrogens with zero attached hydrogens (tertiary/aromatic N) is 1. The molecule has 0 spiro atoms. The fraction of sp³-hybridized carbons (Fsp3) is 0.417. The van der Waals surface area contributed by atoms with Crippen LogP contribution in [-0.4, -0.2) is 34.6 Å². The average Bonchev–Trinajstić information content (AvgIpc) is 2.28. The molecule has 1 aliphatic rings. The van der Waals surface area contributed by atoms with Gasteiger partial charge in [-0.1, -0.05) is 13.0 Å². The molecule has 1 saturated heterocycles. The van der Waals surface area contributed by atoms with Crippen molar-refractivity contribution in [3.05, 3.63) is 34.1 Å². The molecule has 0 saturated carbocycles. The zero-order chi connectivity index (χ0) is 12.6. The maximum Gasteiger partial charge on any atom is 0.255 e. The largest absolute Gasteiger partial charge is 0.386 e. The van der Waals surface area contributed by atoms with Gasteiger partial charge in [0.05, 0.1) is 28.7 Å². The van der Waals surface area contributed by atoms with Crippen molar-refractivity contribution in [2.75, 3.05) is 13.1 Å². The highest BCUT2D eigenvalue weighted by Crippen LogP contribution is 2.28. The van der Waals surface area contributed by atoms with E-state index in [1.54, 1.807) is 6.07 Å². The van der Waals surface area contributed by atoms with Gasteiger partial charge in [-0.25, -0.2) is 4.39 Å². The Kier molecular flexibility index (Phi) is 3.23. The van der Waals surface area contributed by atoms with Crippen molar-refractivity contribution in [1.29, 1.82) is 0 Å². The maximum absolute atomic E-state index is 13.3. The molecule has 1 fully saturated rings. The Balaban J connectivity index is 2.15. The van der Waals surface area contributed by atoms with Crippen LogP contribution in [0.1, 0.15) is 23.7 Å². The zero-order valence-electron chi connectivity index (χ0n) is 9.41. The summed E-state index contributed by atoms with van der Waals surface area (Å²) < 4.78 is 13.5. The summed E-state index contributed by atoms with van der Waals surface area (Å²) in [7, 11) is 0. The molecule has 0 atom stereocenters. The molecule has 0 aromatic heterocycles. The van der Waals surface area contributed by atoms with E-state index in [-0.39, 0.29) is 10.4 Å². The molecule has 2 rings (SSSR count). The molecule has 0 radical (unpaired) electrons. The molecule has 1 aromatic rings. The zero-order valence-corrected chi connectivity index (χ0v) is 11.0. The number of benzene rings is 1. The standard InChI is InChI=1S/C12H13BrFNO2/c1-2-12(17)6-15(7-12)11(16)8-4-3-5-9(14)10(8)13/h3-5,17H,2,6-7H2,1H3. The Morgan fingerprint density at radius 2 is 2.24 bits per heavy atom. The van der Waals surface area contributed by atoms with Crippen LogP contribution in [0, 0.1) is 5.82 Å². The molecule has 1 aliphatic heterocycles. The lowest BCUT2D eigenvalue weighted by Gasteiger charge is -2.46. The first-order valence-electron chi connectivity index (χ1n) is 5.42.